The zero-order chi connectivity index (χ0) is 14.7. The molecule has 0 saturated heterocycles. The van der Waals surface area contributed by atoms with Crippen molar-refractivity contribution < 1.29 is 4.79 Å². The number of nitrogens with one attached hydrogen (secondary N) is 2. The Hall–Kier alpha value is -2.43. The fourth-order valence-corrected chi connectivity index (χ4v) is 1.98. The highest BCUT2D eigenvalue weighted by atomic mass is 16.2. The first-order valence-electron chi connectivity index (χ1n) is 6.35. The van der Waals surface area contributed by atoms with E-state index < -0.39 is 10.9 Å². The van der Waals surface area contributed by atoms with Crippen LogP contribution in [-0.2, 0) is 17.9 Å². The van der Waals surface area contributed by atoms with Crippen molar-refractivity contribution in [2.24, 2.45) is 0 Å². The molecule has 0 fully saturated rings. The molecule has 0 atom stereocenters. The molecule has 0 heterocycles. The van der Waals surface area contributed by atoms with E-state index in [1.54, 1.807) is 6.92 Å². The Morgan fingerprint density at radius 1 is 1.10 bits per heavy atom. The second-order valence-corrected chi connectivity index (χ2v) is 4.74. The van der Waals surface area contributed by atoms with Crippen LogP contribution in [0.5, 0.6) is 0 Å². The zero-order valence-corrected chi connectivity index (χ0v) is 11.4. The van der Waals surface area contributed by atoms with Crippen LogP contribution >= 0.6 is 0 Å². The van der Waals surface area contributed by atoms with Crippen molar-refractivity contribution >= 4 is 11.6 Å². The molecule has 0 spiro atoms. The minimum Gasteiger partial charge on any atom is -0.377 e. The number of anilines is 1. The summed E-state index contributed by atoms with van der Waals surface area (Å²) in [5.41, 5.74) is 2.01. The van der Waals surface area contributed by atoms with Gasteiger partial charge in [0.1, 0.15) is 0 Å². The van der Waals surface area contributed by atoms with Gasteiger partial charge in [-0.3, -0.25) is 14.4 Å². The van der Waals surface area contributed by atoms with E-state index in [9.17, 15) is 14.4 Å². The third-order valence-corrected chi connectivity index (χ3v) is 3.15. The van der Waals surface area contributed by atoms with Crippen LogP contribution in [0, 0.1) is 6.92 Å². The van der Waals surface area contributed by atoms with E-state index in [2.05, 4.69) is 10.6 Å². The lowest BCUT2D eigenvalue weighted by atomic mass is 10.1. The lowest BCUT2D eigenvalue weighted by molar-refractivity contribution is -0.119. The van der Waals surface area contributed by atoms with E-state index in [1.165, 1.54) is 6.92 Å². The molecule has 0 bridgehead atoms. The van der Waals surface area contributed by atoms with Gasteiger partial charge in [-0.1, -0.05) is 24.3 Å². The average Bonchev–Trinajstić information content (AvgIpc) is 2.45. The van der Waals surface area contributed by atoms with Crippen molar-refractivity contribution in [3.05, 3.63) is 61.4 Å². The van der Waals surface area contributed by atoms with E-state index in [-0.39, 0.29) is 5.91 Å². The summed E-state index contributed by atoms with van der Waals surface area (Å²) in [5.74, 6) is -0.0760. The van der Waals surface area contributed by atoms with Crippen LogP contribution < -0.4 is 21.5 Å². The smallest absolute Gasteiger partial charge is 0.249 e. The van der Waals surface area contributed by atoms with Gasteiger partial charge < -0.3 is 10.6 Å². The van der Waals surface area contributed by atoms with Gasteiger partial charge in [-0.25, -0.2) is 0 Å². The SMILES string of the molecule is CC(=O)NCc1cccc(CNc2c(C)c(=O)c2=O)c1. The molecule has 0 aromatic heterocycles. The second-order valence-electron chi connectivity index (χ2n) is 4.74. The molecular weight excluding hydrogens is 256 g/mol. The van der Waals surface area contributed by atoms with Gasteiger partial charge in [-0.05, 0) is 18.1 Å². The van der Waals surface area contributed by atoms with E-state index in [0.717, 1.165) is 11.1 Å². The Kier molecular flexibility index (Phi) is 3.98. The summed E-state index contributed by atoms with van der Waals surface area (Å²) in [4.78, 5) is 33.3. The highest BCUT2D eigenvalue weighted by molar-refractivity contribution is 5.72. The molecule has 5 heteroatoms. The highest BCUT2D eigenvalue weighted by Gasteiger charge is 2.15. The Labute approximate surface area is 116 Å². The largest absolute Gasteiger partial charge is 0.377 e. The van der Waals surface area contributed by atoms with Crippen molar-refractivity contribution in [1.82, 2.24) is 5.32 Å². The molecule has 2 aromatic carbocycles. The molecule has 0 unspecified atom stereocenters. The summed E-state index contributed by atoms with van der Waals surface area (Å²) >= 11 is 0. The molecule has 2 rings (SSSR count). The van der Waals surface area contributed by atoms with Gasteiger partial charge >= 0.3 is 0 Å². The molecule has 0 aliphatic heterocycles. The fourth-order valence-electron chi connectivity index (χ4n) is 1.98. The number of hydrogen-bond acceptors (Lipinski definition) is 4. The molecule has 2 N–H and O–H groups in total. The Morgan fingerprint density at radius 2 is 1.75 bits per heavy atom. The predicted molar refractivity (Wildman–Crippen MR) is 77.4 cm³/mol. The number of amides is 1. The van der Waals surface area contributed by atoms with E-state index >= 15 is 0 Å². The van der Waals surface area contributed by atoms with Crippen molar-refractivity contribution in [3.63, 3.8) is 0 Å². The quantitative estimate of drug-likeness (QED) is 0.791. The maximum absolute atomic E-state index is 11.3. The molecule has 0 aliphatic carbocycles. The van der Waals surface area contributed by atoms with Crippen molar-refractivity contribution in [1.29, 1.82) is 0 Å². The van der Waals surface area contributed by atoms with Gasteiger partial charge in [0, 0.05) is 25.6 Å². The number of carbonyl (C=O) groups is 1. The van der Waals surface area contributed by atoms with Crippen LogP contribution in [0.15, 0.2) is 33.9 Å². The number of rotatable bonds is 5. The predicted octanol–water partition coefficient (Wildman–Crippen LogP) is 0.839. The molecule has 0 saturated carbocycles. The molecule has 0 aliphatic rings. The van der Waals surface area contributed by atoms with Gasteiger partial charge in [0.05, 0.1) is 5.69 Å². The minimum absolute atomic E-state index is 0.0760. The van der Waals surface area contributed by atoms with Crippen LogP contribution in [0.4, 0.5) is 5.69 Å². The molecule has 5 nitrogen and oxygen atoms in total. The van der Waals surface area contributed by atoms with Crippen LogP contribution in [0.2, 0.25) is 0 Å². The van der Waals surface area contributed by atoms with Crippen LogP contribution in [0.3, 0.4) is 0 Å². The van der Waals surface area contributed by atoms with E-state index in [1.807, 2.05) is 24.3 Å². The van der Waals surface area contributed by atoms with Gasteiger partial charge in [-0.15, -0.1) is 0 Å². The molecule has 104 valence electrons. The van der Waals surface area contributed by atoms with Gasteiger partial charge in [0.2, 0.25) is 16.8 Å². The highest BCUT2D eigenvalue weighted by Crippen LogP contribution is 2.10. The lowest BCUT2D eigenvalue weighted by Crippen LogP contribution is -2.36. The maximum Gasteiger partial charge on any atom is 0.249 e. The molecule has 2 aromatic rings. The van der Waals surface area contributed by atoms with Crippen LogP contribution in [0.25, 0.3) is 0 Å². The zero-order valence-electron chi connectivity index (χ0n) is 11.4. The Morgan fingerprint density at radius 3 is 2.35 bits per heavy atom. The lowest BCUT2D eigenvalue weighted by Gasteiger charge is -2.11. The number of benzene rings is 1. The molecular formula is C15H16N2O3. The summed E-state index contributed by atoms with van der Waals surface area (Å²) in [6.07, 6.45) is 0. The number of hydrogen-bond donors (Lipinski definition) is 2. The third kappa shape index (κ3) is 2.93. The van der Waals surface area contributed by atoms with Gasteiger partial charge in [0.15, 0.2) is 0 Å². The summed E-state index contributed by atoms with van der Waals surface area (Å²) in [7, 11) is 0. The van der Waals surface area contributed by atoms with Gasteiger partial charge in [0.25, 0.3) is 0 Å². The summed E-state index contributed by atoms with van der Waals surface area (Å²) in [5, 5.41) is 5.71. The van der Waals surface area contributed by atoms with Crippen LogP contribution in [-0.4, -0.2) is 5.91 Å². The topological polar surface area (TPSA) is 75.3 Å². The van der Waals surface area contributed by atoms with Gasteiger partial charge in [-0.2, -0.15) is 0 Å². The molecule has 1 amide bonds. The van der Waals surface area contributed by atoms with Crippen molar-refractivity contribution in [2.45, 2.75) is 26.9 Å². The minimum atomic E-state index is -0.447. The summed E-state index contributed by atoms with van der Waals surface area (Å²) < 4.78 is 0. The standard InChI is InChI=1S/C15H16N2O3/c1-9-13(15(20)14(9)19)17-8-12-5-3-4-11(6-12)7-16-10(2)18/h3-6,17H,7-8H2,1-2H3,(H,16,18). The molecule has 0 radical (unpaired) electrons. The Balaban J connectivity index is 2.00. The van der Waals surface area contributed by atoms with Crippen LogP contribution in [0.1, 0.15) is 23.6 Å². The van der Waals surface area contributed by atoms with E-state index in [4.69, 9.17) is 0 Å². The first-order valence-corrected chi connectivity index (χ1v) is 6.35. The maximum atomic E-state index is 11.3. The fraction of sp³-hybridized carbons (Fsp3) is 0.267. The Bertz CT molecular complexity index is 712. The average molecular weight is 272 g/mol. The first kappa shape index (κ1) is 14.0. The van der Waals surface area contributed by atoms with E-state index in [0.29, 0.717) is 24.3 Å². The first-order chi connectivity index (χ1) is 9.49. The molecule has 20 heavy (non-hydrogen) atoms. The van der Waals surface area contributed by atoms with Crippen molar-refractivity contribution in [2.75, 3.05) is 5.32 Å². The summed E-state index contributed by atoms with van der Waals surface area (Å²) in [6.45, 7) is 4.06. The monoisotopic (exact) mass is 272 g/mol. The van der Waals surface area contributed by atoms with Crippen molar-refractivity contribution in [3.8, 4) is 0 Å². The number of carbonyl (C=O) groups excluding carboxylic acids is 1. The normalized spacial score (nSPS) is 10.5. The second kappa shape index (κ2) is 5.69. The third-order valence-electron chi connectivity index (χ3n) is 3.15. The summed E-state index contributed by atoms with van der Waals surface area (Å²) in [6, 6.07) is 7.68.